The summed E-state index contributed by atoms with van der Waals surface area (Å²) in [6, 6.07) is 14.5. The zero-order valence-electron chi connectivity index (χ0n) is 15.1. The third kappa shape index (κ3) is 3.91. The fraction of sp³-hybridized carbons (Fsp3) is 0.100. The summed E-state index contributed by atoms with van der Waals surface area (Å²) in [7, 11) is 0. The summed E-state index contributed by atoms with van der Waals surface area (Å²) in [6.07, 6.45) is 1.80. The zero-order valence-corrected chi connectivity index (χ0v) is 17.5. The van der Waals surface area contributed by atoms with Gasteiger partial charge >= 0.3 is 0 Å². The lowest BCUT2D eigenvalue weighted by atomic mass is 10.2. The normalized spacial score (nSPS) is 11.1. The van der Waals surface area contributed by atoms with E-state index < -0.39 is 4.92 Å². The van der Waals surface area contributed by atoms with Crippen LogP contribution in [-0.4, -0.2) is 19.7 Å². The predicted octanol–water partition coefficient (Wildman–Crippen LogP) is 6.20. The van der Waals surface area contributed by atoms with Gasteiger partial charge in [0.1, 0.15) is 0 Å². The van der Waals surface area contributed by atoms with Crippen LogP contribution < -0.4 is 0 Å². The molecule has 0 spiro atoms. The number of aromatic nitrogens is 3. The van der Waals surface area contributed by atoms with Gasteiger partial charge in [-0.2, -0.15) is 0 Å². The van der Waals surface area contributed by atoms with Crippen LogP contribution in [0, 0.1) is 10.1 Å². The van der Waals surface area contributed by atoms with Crippen molar-refractivity contribution in [3.8, 4) is 10.7 Å². The Labute approximate surface area is 180 Å². The monoisotopic (exact) mass is 442 g/mol. The molecule has 0 fully saturated rings. The smallest absolute Gasteiger partial charge is 0.269 e. The van der Waals surface area contributed by atoms with Gasteiger partial charge in [0.15, 0.2) is 11.0 Å². The van der Waals surface area contributed by atoms with E-state index in [1.807, 2.05) is 28.8 Å². The third-order valence-electron chi connectivity index (χ3n) is 4.28. The van der Waals surface area contributed by atoms with E-state index in [0.29, 0.717) is 23.1 Å². The molecular weight excluding hydrogens is 428 g/mol. The number of fused-ring (bicyclic) bond motifs is 1. The number of nitrogens with zero attached hydrogens (tertiary/aromatic N) is 4. The number of hydrogen-bond donors (Lipinski definition) is 0. The molecule has 29 heavy (non-hydrogen) atoms. The molecule has 9 heteroatoms. The number of non-ortho nitro benzene ring substituents is 1. The minimum Gasteiger partial charge on any atom is -0.297 e. The molecule has 4 rings (SSSR count). The molecule has 0 saturated carbocycles. The van der Waals surface area contributed by atoms with Gasteiger partial charge < -0.3 is 0 Å². The standard InChI is InChI=1S/C20H15ClN4O2S2/c1-2-11-24-19(18-17(21)15-5-3-4-6-16(15)29-18)22-23-20(24)28-12-13-7-9-14(10-8-13)25(26)27/h2-10H,1,11-12H2. The van der Waals surface area contributed by atoms with E-state index in [4.69, 9.17) is 11.6 Å². The Kier molecular flexibility index (Phi) is 5.66. The van der Waals surface area contributed by atoms with E-state index in [-0.39, 0.29) is 5.69 Å². The SMILES string of the molecule is C=CCn1c(SCc2ccc([N+](=O)[O-])cc2)nnc1-c1sc2ccccc2c1Cl. The summed E-state index contributed by atoms with van der Waals surface area (Å²) in [4.78, 5) is 11.3. The summed E-state index contributed by atoms with van der Waals surface area (Å²) >= 11 is 9.73. The van der Waals surface area contributed by atoms with Crippen molar-refractivity contribution in [2.24, 2.45) is 0 Å². The van der Waals surface area contributed by atoms with Crippen molar-refractivity contribution in [3.05, 3.63) is 81.9 Å². The molecular formula is C20H15ClN4O2S2. The fourth-order valence-corrected chi connectivity index (χ4v) is 5.29. The first kappa shape index (κ1) is 19.6. The minimum atomic E-state index is -0.404. The highest BCUT2D eigenvalue weighted by molar-refractivity contribution is 7.98. The molecule has 2 aromatic heterocycles. The van der Waals surface area contributed by atoms with E-state index in [2.05, 4.69) is 16.8 Å². The van der Waals surface area contributed by atoms with Gasteiger partial charge in [0.05, 0.1) is 14.8 Å². The van der Waals surface area contributed by atoms with E-state index in [9.17, 15) is 10.1 Å². The van der Waals surface area contributed by atoms with Crippen molar-refractivity contribution in [3.63, 3.8) is 0 Å². The maximum Gasteiger partial charge on any atom is 0.269 e. The van der Waals surface area contributed by atoms with E-state index in [0.717, 1.165) is 25.7 Å². The van der Waals surface area contributed by atoms with Gasteiger partial charge in [0.25, 0.3) is 5.69 Å². The van der Waals surface area contributed by atoms with Crippen LogP contribution in [-0.2, 0) is 12.3 Å². The molecule has 0 unspecified atom stereocenters. The molecule has 0 saturated heterocycles. The molecule has 0 aliphatic heterocycles. The second kappa shape index (κ2) is 8.36. The summed E-state index contributed by atoms with van der Waals surface area (Å²) in [5, 5.41) is 22.0. The molecule has 4 aromatic rings. The second-order valence-electron chi connectivity index (χ2n) is 6.16. The Bertz CT molecular complexity index is 1200. The van der Waals surface area contributed by atoms with Crippen molar-refractivity contribution >= 4 is 50.5 Å². The molecule has 2 heterocycles. The highest BCUT2D eigenvalue weighted by Gasteiger charge is 2.20. The topological polar surface area (TPSA) is 73.8 Å². The minimum absolute atomic E-state index is 0.0789. The number of halogens is 1. The Morgan fingerprint density at radius 3 is 2.66 bits per heavy atom. The number of nitro groups is 1. The lowest BCUT2D eigenvalue weighted by Crippen LogP contribution is -2.00. The van der Waals surface area contributed by atoms with Crippen LogP contribution >= 0.6 is 34.7 Å². The molecule has 146 valence electrons. The van der Waals surface area contributed by atoms with Crippen molar-refractivity contribution in [2.45, 2.75) is 17.5 Å². The Morgan fingerprint density at radius 1 is 1.21 bits per heavy atom. The van der Waals surface area contributed by atoms with Crippen molar-refractivity contribution < 1.29 is 4.92 Å². The van der Waals surface area contributed by atoms with Crippen LogP contribution in [0.4, 0.5) is 5.69 Å². The quantitative estimate of drug-likeness (QED) is 0.147. The summed E-state index contributed by atoms with van der Waals surface area (Å²) in [5.41, 5.74) is 1.05. The van der Waals surface area contributed by atoms with Gasteiger partial charge in [-0.05, 0) is 11.6 Å². The second-order valence-corrected chi connectivity index (χ2v) is 8.53. The lowest BCUT2D eigenvalue weighted by molar-refractivity contribution is -0.384. The van der Waals surface area contributed by atoms with Crippen LogP contribution in [0.3, 0.4) is 0 Å². The largest absolute Gasteiger partial charge is 0.297 e. The number of thioether (sulfide) groups is 1. The number of nitro benzene ring substituents is 1. The highest BCUT2D eigenvalue weighted by Crippen LogP contribution is 2.42. The maximum absolute atomic E-state index is 10.8. The summed E-state index contributed by atoms with van der Waals surface area (Å²) in [5.74, 6) is 1.33. The lowest BCUT2D eigenvalue weighted by Gasteiger charge is -2.07. The van der Waals surface area contributed by atoms with Gasteiger partial charge in [-0.3, -0.25) is 14.7 Å². The van der Waals surface area contributed by atoms with Crippen LogP contribution in [0.5, 0.6) is 0 Å². The molecule has 0 N–H and O–H groups in total. The van der Waals surface area contributed by atoms with Crippen molar-refractivity contribution in [2.75, 3.05) is 0 Å². The van der Waals surface area contributed by atoms with Crippen LogP contribution in [0.1, 0.15) is 5.56 Å². The molecule has 0 bridgehead atoms. The summed E-state index contributed by atoms with van der Waals surface area (Å²) < 4.78 is 3.08. The van der Waals surface area contributed by atoms with Gasteiger partial charge in [-0.25, -0.2) is 0 Å². The molecule has 2 aromatic carbocycles. The third-order valence-corrected chi connectivity index (χ3v) is 6.99. The van der Waals surface area contributed by atoms with Gasteiger partial charge in [-0.1, -0.05) is 59.8 Å². The number of thiophene rings is 1. The van der Waals surface area contributed by atoms with Gasteiger partial charge in [0, 0.05) is 34.5 Å². The number of benzene rings is 2. The van der Waals surface area contributed by atoms with Crippen molar-refractivity contribution in [1.82, 2.24) is 14.8 Å². The Morgan fingerprint density at radius 2 is 1.97 bits per heavy atom. The molecule has 0 atom stereocenters. The van der Waals surface area contributed by atoms with Crippen LogP contribution in [0.2, 0.25) is 5.02 Å². The first-order valence-corrected chi connectivity index (χ1v) is 10.8. The Hall–Kier alpha value is -2.68. The molecule has 6 nitrogen and oxygen atoms in total. The Balaban J connectivity index is 1.63. The highest BCUT2D eigenvalue weighted by atomic mass is 35.5. The zero-order chi connectivity index (χ0) is 20.4. The molecule has 0 amide bonds. The van der Waals surface area contributed by atoms with E-state index in [1.165, 1.54) is 23.9 Å². The number of rotatable bonds is 7. The van der Waals surface area contributed by atoms with Gasteiger partial charge in [-0.15, -0.1) is 28.1 Å². The number of hydrogen-bond acceptors (Lipinski definition) is 6. The first-order chi connectivity index (χ1) is 14.1. The van der Waals surface area contributed by atoms with Crippen molar-refractivity contribution in [1.29, 1.82) is 0 Å². The average molecular weight is 443 g/mol. The van der Waals surface area contributed by atoms with Crippen LogP contribution in [0.25, 0.3) is 20.8 Å². The van der Waals surface area contributed by atoms with Gasteiger partial charge in [0.2, 0.25) is 0 Å². The van der Waals surface area contributed by atoms with Crippen LogP contribution in [0.15, 0.2) is 66.3 Å². The number of allylic oxidation sites excluding steroid dienone is 1. The molecule has 0 radical (unpaired) electrons. The van der Waals surface area contributed by atoms with E-state index >= 15 is 0 Å². The maximum atomic E-state index is 10.8. The predicted molar refractivity (Wildman–Crippen MR) is 119 cm³/mol. The molecule has 0 aliphatic carbocycles. The fourth-order valence-electron chi connectivity index (χ4n) is 2.88. The van der Waals surface area contributed by atoms with E-state index in [1.54, 1.807) is 29.5 Å². The average Bonchev–Trinajstić information content (AvgIpc) is 3.28. The first-order valence-electron chi connectivity index (χ1n) is 8.66. The summed E-state index contributed by atoms with van der Waals surface area (Å²) in [6.45, 7) is 4.39. The molecule has 0 aliphatic rings.